The van der Waals surface area contributed by atoms with Gasteiger partial charge in [-0.1, -0.05) is 11.6 Å². The Kier molecular flexibility index (Phi) is 4.37. The van der Waals surface area contributed by atoms with Gasteiger partial charge in [-0.25, -0.2) is 0 Å². The van der Waals surface area contributed by atoms with Gasteiger partial charge < -0.3 is 9.47 Å². The molecule has 0 aromatic heterocycles. The first kappa shape index (κ1) is 17.3. The maximum Gasteiger partial charge on any atom is 0.309 e. The molecule has 3 unspecified atom stereocenters. The molecule has 1 fully saturated rings. The van der Waals surface area contributed by atoms with E-state index in [-0.39, 0.29) is 23.6 Å². The summed E-state index contributed by atoms with van der Waals surface area (Å²) in [7, 11) is 3.14. The Morgan fingerprint density at radius 3 is 2.62 bits per heavy atom. The Labute approximate surface area is 154 Å². The van der Waals surface area contributed by atoms with Gasteiger partial charge >= 0.3 is 5.97 Å². The van der Waals surface area contributed by atoms with Crippen LogP contribution >= 0.6 is 0 Å². The van der Waals surface area contributed by atoms with Gasteiger partial charge in [0.2, 0.25) is 0 Å². The van der Waals surface area contributed by atoms with Crippen molar-refractivity contribution in [1.29, 1.82) is 0 Å². The van der Waals surface area contributed by atoms with E-state index in [0.29, 0.717) is 18.3 Å². The Morgan fingerprint density at radius 1 is 1.12 bits per heavy atom. The maximum absolute atomic E-state index is 12.7. The maximum atomic E-state index is 12.7. The summed E-state index contributed by atoms with van der Waals surface area (Å²) in [6, 6.07) is 6.25. The molecule has 0 heterocycles. The van der Waals surface area contributed by atoms with Crippen LogP contribution in [0.2, 0.25) is 0 Å². The summed E-state index contributed by atoms with van der Waals surface area (Å²) >= 11 is 0. The highest BCUT2D eigenvalue weighted by Crippen LogP contribution is 2.57. The average molecular weight is 354 g/mol. The molecule has 0 aliphatic heterocycles. The highest BCUT2D eigenvalue weighted by Gasteiger charge is 2.50. The molecule has 3 aliphatic carbocycles. The van der Waals surface area contributed by atoms with Crippen molar-refractivity contribution in [2.75, 3.05) is 14.2 Å². The van der Waals surface area contributed by atoms with Gasteiger partial charge in [0.05, 0.1) is 20.1 Å². The number of benzene rings is 1. The van der Waals surface area contributed by atoms with Crippen molar-refractivity contribution in [3.63, 3.8) is 0 Å². The third-order valence-corrected chi connectivity index (χ3v) is 6.78. The number of ether oxygens (including phenoxy) is 2. The number of esters is 1. The molecular weight excluding hydrogens is 328 g/mol. The largest absolute Gasteiger partial charge is 0.497 e. The highest BCUT2D eigenvalue weighted by atomic mass is 16.5. The third kappa shape index (κ3) is 2.58. The second-order valence-corrected chi connectivity index (χ2v) is 7.83. The Hall–Kier alpha value is -2.10. The first-order valence-electron chi connectivity index (χ1n) is 9.52. The minimum Gasteiger partial charge on any atom is -0.497 e. The van der Waals surface area contributed by atoms with Gasteiger partial charge in [0.15, 0.2) is 5.78 Å². The summed E-state index contributed by atoms with van der Waals surface area (Å²) < 4.78 is 10.6. The highest BCUT2D eigenvalue weighted by molar-refractivity contribution is 5.95. The predicted octanol–water partition coefficient (Wildman–Crippen LogP) is 3.83. The molecule has 4 heteroatoms. The van der Waals surface area contributed by atoms with Crippen LogP contribution in [0.1, 0.15) is 49.7 Å². The normalized spacial score (nSPS) is 29.5. The van der Waals surface area contributed by atoms with Crippen LogP contribution in [0, 0.1) is 17.8 Å². The lowest BCUT2D eigenvalue weighted by molar-refractivity contribution is -0.148. The zero-order valence-electron chi connectivity index (χ0n) is 15.7. The van der Waals surface area contributed by atoms with Gasteiger partial charge in [0.1, 0.15) is 5.75 Å². The van der Waals surface area contributed by atoms with Crippen molar-refractivity contribution in [2.24, 2.45) is 17.8 Å². The lowest BCUT2D eigenvalue weighted by Gasteiger charge is -2.46. The van der Waals surface area contributed by atoms with E-state index in [1.807, 2.05) is 6.07 Å². The minimum absolute atomic E-state index is 0.154. The molecule has 0 bridgehead atoms. The monoisotopic (exact) mass is 354 g/mol. The number of hydrogen-bond acceptors (Lipinski definition) is 4. The first-order valence-corrected chi connectivity index (χ1v) is 9.52. The van der Waals surface area contributed by atoms with Crippen LogP contribution in [0.15, 0.2) is 29.3 Å². The van der Waals surface area contributed by atoms with Crippen LogP contribution in [-0.4, -0.2) is 26.0 Å². The van der Waals surface area contributed by atoms with Gasteiger partial charge in [0, 0.05) is 5.92 Å². The number of Topliss-reactive ketones (excluding diaryl/α,β-unsaturated/α-hetero) is 1. The molecule has 1 saturated carbocycles. The van der Waals surface area contributed by atoms with Gasteiger partial charge in [0.25, 0.3) is 0 Å². The third-order valence-electron chi connectivity index (χ3n) is 6.78. The summed E-state index contributed by atoms with van der Waals surface area (Å²) in [4.78, 5) is 24.8. The lowest BCUT2D eigenvalue weighted by Crippen LogP contribution is -2.40. The van der Waals surface area contributed by atoms with Crippen molar-refractivity contribution in [2.45, 2.75) is 44.9 Å². The molecule has 0 spiro atoms. The van der Waals surface area contributed by atoms with Crippen LogP contribution < -0.4 is 4.74 Å². The lowest BCUT2D eigenvalue weighted by atomic mass is 9.58. The molecule has 138 valence electrons. The van der Waals surface area contributed by atoms with Crippen molar-refractivity contribution in [3.05, 3.63) is 40.5 Å². The zero-order valence-corrected chi connectivity index (χ0v) is 15.7. The minimum atomic E-state index is -0.213. The number of methoxy groups -OCH3 is 2. The number of ketones is 1. The second kappa shape index (κ2) is 6.57. The molecule has 1 aromatic carbocycles. The van der Waals surface area contributed by atoms with E-state index >= 15 is 0 Å². The van der Waals surface area contributed by atoms with E-state index in [1.54, 1.807) is 14.0 Å². The van der Waals surface area contributed by atoms with E-state index in [9.17, 15) is 9.59 Å². The van der Waals surface area contributed by atoms with E-state index in [1.165, 1.54) is 23.8 Å². The summed E-state index contributed by atoms with van der Waals surface area (Å²) in [5.74, 6) is 1.62. The molecule has 0 saturated heterocycles. The summed E-state index contributed by atoms with van der Waals surface area (Å²) in [6.45, 7) is 1.66. The average Bonchev–Trinajstić information content (AvgIpc) is 3.10. The van der Waals surface area contributed by atoms with Gasteiger partial charge in [-0.05, 0) is 79.7 Å². The number of allylic oxidation sites excluding steroid dienone is 2. The number of aryl methyl sites for hydroxylation is 1. The van der Waals surface area contributed by atoms with Crippen LogP contribution in [0.3, 0.4) is 0 Å². The van der Waals surface area contributed by atoms with Crippen LogP contribution in [0.5, 0.6) is 5.75 Å². The van der Waals surface area contributed by atoms with Crippen LogP contribution in [0.4, 0.5) is 0 Å². The number of hydrogen-bond donors (Lipinski definition) is 0. The molecule has 0 amide bonds. The first-order chi connectivity index (χ1) is 12.5. The van der Waals surface area contributed by atoms with E-state index in [2.05, 4.69) is 12.1 Å². The predicted molar refractivity (Wildman–Crippen MR) is 98.1 cm³/mol. The number of carbonyl (C=O) groups excluding carboxylic acids is 2. The quantitative estimate of drug-likeness (QED) is 0.774. The molecule has 26 heavy (non-hydrogen) atoms. The number of fused-ring (bicyclic) bond motifs is 5. The molecule has 3 aliphatic rings. The van der Waals surface area contributed by atoms with E-state index in [4.69, 9.17) is 9.47 Å². The van der Waals surface area contributed by atoms with Crippen molar-refractivity contribution < 1.29 is 19.1 Å². The zero-order chi connectivity index (χ0) is 18.4. The Morgan fingerprint density at radius 2 is 1.92 bits per heavy atom. The molecule has 4 rings (SSSR count). The number of carbonyl (C=O) groups is 2. The molecule has 4 atom stereocenters. The summed E-state index contributed by atoms with van der Waals surface area (Å²) in [6.07, 6.45) is 4.64. The molecular formula is C22H26O4. The number of rotatable bonds is 3. The van der Waals surface area contributed by atoms with Crippen LogP contribution in [0.25, 0.3) is 0 Å². The van der Waals surface area contributed by atoms with Gasteiger partial charge in [-0.15, -0.1) is 0 Å². The standard InChI is InChI=1S/C22H26O4/c1-12(23)15-8-9-16-17-7-5-13-4-6-14(25-2)10-18(13)21(17)20(11-19(15)16)22(24)26-3/h4,6,10,16-17,20-21H,5,7-9,11H2,1-3H3/t16?,17?,20-,21?/m0/s1. The molecule has 0 radical (unpaired) electrons. The van der Waals surface area contributed by atoms with Crippen molar-refractivity contribution >= 4 is 11.8 Å². The second-order valence-electron chi connectivity index (χ2n) is 7.83. The van der Waals surface area contributed by atoms with Crippen molar-refractivity contribution in [3.8, 4) is 5.75 Å². The Balaban J connectivity index is 1.82. The van der Waals surface area contributed by atoms with Gasteiger partial charge in [-0.3, -0.25) is 9.59 Å². The SMILES string of the molecule is COC(=O)[C@H]1CC2=C(C(C)=O)CCC2C2CCc3ccc(OC)cc3C21. The smallest absolute Gasteiger partial charge is 0.309 e. The Bertz CT molecular complexity index is 791. The fraction of sp³-hybridized carbons (Fsp3) is 0.545. The fourth-order valence-electron chi connectivity index (χ4n) is 5.69. The summed E-state index contributed by atoms with van der Waals surface area (Å²) in [5, 5.41) is 0. The fourth-order valence-corrected chi connectivity index (χ4v) is 5.69. The molecule has 1 aromatic rings. The van der Waals surface area contributed by atoms with E-state index in [0.717, 1.165) is 37.0 Å². The molecule has 4 nitrogen and oxygen atoms in total. The van der Waals surface area contributed by atoms with Gasteiger partial charge in [-0.2, -0.15) is 0 Å². The molecule has 0 N–H and O–H groups in total. The van der Waals surface area contributed by atoms with Crippen LogP contribution in [-0.2, 0) is 20.7 Å². The van der Waals surface area contributed by atoms with Crippen molar-refractivity contribution in [1.82, 2.24) is 0 Å². The topological polar surface area (TPSA) is 52.6 Å². The van der Waals surface area contributed by atoms with E-state index < -0.39 is 0 Å². The summed E-state index contributed by atoms with van der Waals surface area (Å²) in [5.41, 5.74) is 4.77.